The van der Waals surface area contributed by atoms with Crippen molar-refractivity contribution in [2.24, 2.45) is 0 Å². The predicted molar refractivity (Wildman–Crippen MR) is 332 cm³/mol. The summed E-state index contributed by atoms with van der Waals surface area (Å²) in [5.41, 5.74) is 22.9. The van der Waals surface area contributed by atoms with Gasteiger partial charge >= 0.3 is 0 Å². The normalized spacial score (nSPS) is 13.9. The molecule has 1 fully saturated rings. The van der Waals surface area contributed by atoms with Crippen molar-refractivity contribution in [3.63, 3.8) is 0 Å². The Morgan fingerprint density at radius 1 is 0.367 bits per heavy atom. The van der Waals surface area contributed by atoms with Crippen LogP contribution in [0.4, 0.5) is 17.1 Å². The van der Waals surface area contributed by atoms with E-state index in [1.807, 2.05) is 0 Å². The summed E-state index contributed by atoms with van der Waals surface area (Å²) in [6, 6.07) is 106. The quantitative estimate of drug-likeness (QED) is 0.133. The first-order chi connectivity index (χ1) is 39.2. The van der Waals surface area contributed by atoms with Gasteiger partial charge in [-0.1, -0.05) is 250 Å². The molecule has 2 aliphatic carbocycles. The van der Waals surface area contributed by atoms with Gasteiger partial charge in [-0.25, -0.2) is 0 Å². The highest BCUT2D eigenvalue weighted by molar-refractivity contribution is 6.14. The van der Waals surface area contributed by atoms with Crippen LogP contribution in [-0.2, 0) is 5.41 Å². The molecule has 0 atom stereocenters. The zero-order chi connectivity index (χ0) is 52.3. The molecule has 0 amide bonds. The minimum atomic E-state index is -0.473. The molecule has 1 saturated carbocycles. The lowest BCUT2D eigenvalue weighted by molar-refractivity contribution is 0.445. The summed E-state index contributed by atoms with van der Waals surface area (Å²) in [6.45, 7) is 0. The molecule has 0 aliphatic heterocycles. The molecule has 376 valence electrons. The van der Waals surface area contributed by atoms with E-state index < -0.39 is 5.41 Å². The van der Waals surface area contributed by atoms with Crippen LogP contribution >= 0.6 is 0 Å². The number of benzene rings is 12. The average molecular weight is 1010 g/mol. The highest BCUT2D eigenvalue weighted by Gasteiger charge is 2.46. The van der Waals surface area contributed by atoms with Gasteiger partial charge in [-0.15, -0.1) is 0 Å². The monoisotopic (exact) mass is 1010 g/mol. The number of para-hydroxylation sites is 4. The van der Waals surface area contributed by atoms with E-state index in [9.17, 15) is 0 Å². The van der Waals surface area contributed by atoms with Crippen LogP contribution in [0.15, 0.2) is 285 Å². The smallest absolute Gasteiger partial charge is 0.0713 e. The first-order valence-electron chi connectivity index (χ1n) is 28.3. The average Bonchev–Trinajstić information content (AvgIpc) is 4.27. The van der Waals surface area contributed by atoms with Gasteiger partial charge in [0.15, 0.2) is 0 Å². The minimum Gasteiger partial charge on any atom is -0.310 e. The van der Waals surface area contributed by atoms with E-state index in [0.717, 1.165) is 22.7 Å². The molecule has 1 heterocycles. The van der Waals surface area contributed by atoms with Gasteiger partial charge in [0.05, 0.1) is 22.1 Å². The van der Waals surface area contributed by atoms with Crippen molar-refractivity contribution in [1.82, 2.24) is 4.57 Å². The summed E-state index contributed by atoms with van der Waals surface area (Å²) in [5, 5.41) is 5.19. The number of aromatic nitrogens is 1. The molecule has 2 heteroatoms. The van der Waals surface area contributed by atoms with Crippen LogP contribution in [0.3, 0.4) is 0 Å². The number of fused-ring (bicyclic) bond motifs is 7. The van der Waals surface area contributed by atoms with Crippen LogP contribution in [0.5, 0.6) is 0 Å². The number of nitrogens with zero attached hydrogens (tertiary/aromatic N) is 2. The highest BCUT2D eigenvalue weighted by Crippen LogP contribution is 2.57. The van der Waals surface area contributed by atoms with E-state index >= 15 is 0 Å². The maximum absolute atomic E-state index is 2.49. The largest absolute Gasteiger partial charge is 0.310 e. The number of anilines is 3. The van der Waals surface area contributed by atoms with Crippen molar-refractivity contribution < 1.29 is 0 Å². The van der Waals surface area contributed by atoms with Crippen LogP contribution in [0.25, 0.3) is 82.8 Å². The Bertz CT molecular complexity index is 4330. The van der Waals surface area contributed by atoms with Crippen molar-refractivity contribution >= 4 is 49.6 Å². The second-order valence-corrected chi connectivity index (χ2v) is 21.7. The summed E-state index contributed by atoms with van der Waals surface area (Å²) in [6.07, 6.45) is 6.41. The highest BCUT2D eigenvalue weighted by atomic mass is 15.1. The molecular weight excluding hydrogens is 953 g/mol. The van der Waals surface area contributed by atoms with E-state index in [0.29, 0.717) is 5.92 Å². The Morgan fingerprint density at radius 3 is 1.65 bits per heavy atom. The van der Waals surface area contributed by atoms with Gasteiger partial charge in [0.2, 0.25) is 0 Å². The van der Waals surface area contributed by atoms with Gasteiger partial charge in [0, 0.05) is 39.0 Å². The Hall–Kier alpha value is -9.50. The summed E-state index contributed by atoms with van der Waals surface area (Å²) in [4.78, 5) is 2.49. The van der Waals surface area contributed by atoms with Crippen molar-refractivity contribution in [3.05, 3.63) is 313 Å². The molecule has 79 heavy (non-hydrogen) atoms. The molecule has 0 N–H and O–H groups in total. The Balaban J connectivity index is 0.891. The molecule has 0 radical (unpaired) electrons. The Morgan fingerprint density at radius 2 is 0.911 bits per heavy atom. The van der Waals surface area contributed by atoms with E-state index in [-0.39, 0.29) is 0 Å². The Labute approximate surface area is 463 Å². The maximum Gasteiger partial charge on any atom is 0.0713 e. The zero-order valence-electron chi connectivity index (χ0n) is 44.1. The zero-order valence-corrected chi connectivity index (χ0v) is 44.1. The van der Waals surface area contributed by atoms with Gasteiger partial charge in [-0.3, -0.25) is 0 Å². The molecule has 1 aromatic heterocycles. The van der Waals surface area contributed by atoms with Crippen LogP contribution in [0, 0.1) is 0 Å². The molecule has 0 bridgehead atoms. The van der Waals surface area contributed by atoms with Crippen molar-refractivity contribution in [2.45, 2.75) is 43.4 Å². The molecule has 0 unspecified atom stereocenters. The number of rotatable bonds is 10. The maximum atomic E-state index is 2.49. The summed E-state index contributed by atoms with van der Waals surface area (Å²) < 4.78 is 2.44. The number of hydrogen-bond donors (Lipinski definition) is 0. The van der Waals surface area contributed by atoms with E-state index in [4.69, 9.17) is 0 Å². The summed E-state index contributed by atoms with van der Waals surface area (Å²) in [5.74, 6) is 0.561. The topological polar surface area (TPSA) is 8.17 Å². The van der Waals surface area contributed by atoms with Crippen LogP contribution in [-0.4, -0.2) is 4.57 Å². The van der Waals surface area contributed by atoms with Crippen LogP contribution in [0.2, 0.25) is 0 Å². The predicted octanol–water partition coefficient (Wildman–Crippen LogP) is 20.8. The van der Waals surface area contributed by atoms with Gasteiger partial charge in [0.25, 0.3) is 0 Å². The van der Waals surface area contributed by atoms with Gasteiger partial charge in [-0.2, -0.15) is 0 Å². The van der Waals surface area contributed by atoms with E-state index in [1.165, 1.54) is 137 Å². The molecule has 15 rings (SSSR count). The molecule has 0 saturated heterocycles. The third-order valence-corrected chi connectivity index (χ3v) is 17.5. The molecule has 13 aromatic rings. The second-order valence-electron chi connectivity index (χ2n) is 21.7. The molecule has 2 aliphatic rings. The fraction of sp³-hybridized carbons (Fsp3) is 0.0909. The molecule has 12 aromatic carbocycles. The third kappa shape index (κ3) is 7.69. The molecule has 0 spiro atoms. The number of hydrogen-bond acceptors (Lipinski definition) is 1. The molecule has 2 nitrogen and oxygen atoms in total. The first-order valence-corrected chi connectivity index (χ1v) is 28.3. The van der Waals surface area contributed by atoms with Crippen molar-refractivity contribution in [3.8, 4) is 50.2 Å². The van der Waals surface area contributed by atoms with Gasteiger partial charge in [0.1, 0.15) is 0 Å². The lowest BCUT2D eigenvalue weighted by atomic mass is 9.67. The third-order valence-electron chi connectivity index (χ3n) is 17.5. The van der Waals surface area contributed by atoms with Gasteiger partial charge < -0.3 is 9.47 Å². The molecular formula is C77H58N2. The van der Waals surface area contributed by atoms with Crippen molar-refractivity contribution in [2.75, 3.05) is 4.90 Å². The van der Waals surface area contributed by atoms with Crippen LogP contribution < -0.4 is 4.90 Å². The van der Waals surface area contributed by atoms with Crippen molar-refractivity contribution in [1.29, 1.82) is 0 Å². The fourth-order valence-electron chi connectivity index (χ4n) is 14.0. The SMILES string of the molecule is c1ccc(-n2c3ccccc3c3cccc(-c4ccc(N(c5ccc(-c6ccc7c(c6)C(c6ccccc6)(c6ccccc6)c6ccccc6-7)cc5)c5ccccc5-c5cccc6cccc(C7CCCCC7)c56)cc4)c32)cc1. The standard InChI is InChI=1S/C77H58N2/c1-5-22-54(23-6-1)63-35-19-24-56-25-20-37-69(75(56)63)67-33-14-17-40-73(67)78(62-49-44-55(45-50-62)64-36-21-38-70-68-34-15-18-41-74(68)79(76(64)70)60-30-11-4-12-31-60)61-47-42-53(43-48-61)57-46-51-66-65-32-13-16-39-71(65)77(72(66)52-57,58-26-7-2-8-27-58)59-28-9-3-10-29-59/h2-4,7-21,24-52,54H,1,5-6,22-23H2. The van der Waals surface area contributed by atoms with Crippen LogP contribution in [0.1, 0.15) is 65.8 Å². The minimum absolute atomic E-state index is 0.473. The van der Waals surface area contributed by atoms with Gasteiger partial charge in [-0.05, 0) is 145 Å². The summed E-state index contributed by atoms with van der Waals surface area (Å²) >= 11 is 0. The lowest BCUT2D eigenvalue weighted by Gasteiger charge is -2.34. The first kappa shape index (κ1) is 46.8. The van der Waals surface area contributed by atoms with E-state index in [1.54, 1.807) is 0 Å². The van der Waals surface area contributed by atoms with E-state index in [2.05, 4.69) is 295 Å². The summed E-state index contributed by atoms with van der Waals surface area (Å²) in [7, 11) is 0. The second kappa shape index (κ2) is 19.5. The fourth-order valence-corrected chi connectivity index (χ4v) is 14.0. The Kier molecular flexibility index (Phi) is 11.5. The lowest BCUT2D eigenvalue weighted by Crippen LogP contribution is -2.28.